The fraction of sp³-hybridized carbons (Fsp3) is 0.636. The first-order chi connectivity index (χ1) is 7.90. The van der Waals surface area contributed by atoms with E-state index >= 15 is 0 Å². The summed E-state index contributed by atoms with van der Waals surface area (Å²) in [5.41, 5.74) is 0. The molecule has 0 atom stereocenters. The van der Waals surface area contributed by atoms with Crippen LogP contribution in [0.5, 0.6) is 0 Å². The molecule has 0 fully saturated rings. The molecule has 0 unspecified atom stereocenters. The second-order valence-electron chi connectivity index (χ2n) is 3.62. The monoisotopic (exact) mass is 280 g/mol. The number of carbonyl (C=O) groups excluding carboxylic acids is 1. The third-order valence-corrected chi connectivity index (χ3v) is 2.68. The topological polar surface area (TPSA) is 48.9 Å². The van der Waals surface area contributed by atoms with Gasteiger partial charge in [0, 0.05) is 6.92 Å². The number of carbonyl (C=O) groups is 1. The van der Waals surface area contributed by atoms with Crippen LogP contribution < -0.4 is 9.67 Å². The highest BCUT2D eigenvalue weighted by molar-refractivity contribution is 6.52. The van der Waals surface area contributed by atoms with Crippen LogP contribution in [-0.4, -0.2) is 15.4 Å². The maximum Gasteiger partial charge on any atom is 0.253 e. The molecule has 1 heterocycles. The Kier molecular flexibility index (Phi) is 8.00. The molecule has 0 amide bonds. The zero-order chi connectivity index (χ0) is 13.4. The predicted molar refractivity (Wildman–Crippen MR) is 65.8 cm³/mol. The molecule has 0 bridgehead atoms. The molecule has 0 aliphatic carbocycles. The number of rotatable bonds is 4. The lowest BCUT2D eigenvalue weighted by Crippen LogP contribution is -2.35. The van der Waals surface area contributed by atoms with Gasteiger partial charge in [-0.1, -0.05) is 36.5 Å². The molecule has 17 heavy (non-hydrogen) atoms. The lowest BCUT2D eigenvalue weighted by molar-refractivity contribution is -0.702. The van der Waals surface area contributed by atoms with E-state index in [-0.39, 0.29) is 0 Å². The van der Waals surface area contributed by atoms with E-state index in [0.29, 0.717) is 0 Å². The summed E-state index contributed by atoms with van der Waals surface area (Å²) in [6, 6.07) is 0. The minimum Gasteiger partial charge on any atom is -0.547 e. The van der Waals surface area contributed by atoms with Gasteiger partial charge in [-0.25, -0.2) is 9.13 Å². The summed E-state index contributed by atoms with van der Waals surface area (Å²) in [7, 11) is 2.08. The van der Waals surface area contributed by atoms with Crippen molar-refractivity contribution >= 4 is 29.2 Å². The molecule has 0 radical (unpaired) electrons. The number of alkyl halides is 2. The van der Waals surface area contributed by atoms with Gasteiger partial charge < -0.3 is 9.90 Å². The van der Waals surface area contributed by atoms with Gasteiger partial charge in [-0.05, 0) is 6.42 Å². The number of halogens is 2. The minimum atomic E-state index is -1.46. The zero-order valence-corrected chi connectivity index (χ0v) is 11.8. The predicted octanol–water partition coefficient (Wildman–Crippen LogP) is 0.961. The number of nitrogens with zero attached hydrogens (tertiary/aromatic N) is 2. The highest BCUT2D eigenvalue weighted by atomic mass is 35.5. The molecule has 98 valence electrons. The minimum absolute atomic E-state index is 1.16. The van der Waals surface area contributed by atoms with Crippen molar-refractivity contribution in [3.8, 4) is 0 Å². The Morgan fingerprint density at radius 3 is 2.41 bits per heavy atom. The van der Waals surface area contributed by atoms with Crippen molar-refractivity contribution in [1.82, 2.24) is 4.57 Å². The zero-order valence-electron chi connectivity index (χ0n) is 10.3. The Hall–Kier alpha value is -0.740. The molecule has 1 aromatic rings. The van der Waals surface area contributed by atoms with Crippen LogP contribution >= 0.6 is 23.2 Å². The van der Waals surface area contributed by atoms with Crippen LogP contribution in [0.25, 0.3) is 0 Å². The van der Waals surface area contributed by atoms with Gasteiger partial charge in [0.05, 0.1) is 19.6 Å². The highest BCUT2D eigenvalue weighted by Crippen LogP contribution is 1.96. The largest absolute Gasteiger partial charge is 0.547 e. The molecule has 0 aliphatic rings. The Labute approximate surface area is 112 Å². The first-order valence-corrected chi connectivity index (χ1v) is 6.27. The molecule has 0 aromatic carbocycles. The summed E-state index contributed by atoms with van der Waals surface area (Å²) >= 11 is 9.43. The second kappa shape index (κ2) is 8.37. The van der Waals surface area contributed by atoms with Crippen molar-refractivity contribution in [2.45, 2.75) is 38.1 Å². The number of hydrogen-bond donors (Lipinski definition) is 0. The van der Waals surface area contributed by atoms with Crippen LogP contribution in [0, 0.1) is 6.92 Å². The van der Waals surface area contributed by atoms with Crippen LogP contribution in [0.3, 0.4) is 0 Å². The quantitative estimate of drug-likeness (QED) is 0.609. The van der Waals surface area contributed by atoms with Gasteiger partial charge in [-0.15, -0.1) is 0 Å². The molecule has 4 nitrogen and oxygen atoms in total. The number of carboxylic acids is 1. The van der Waals surface area contributed by atoms with E-state index < -0.39 is 10.8 Å². The van der Waals surface area contributed by atoms with Gasteiger partial charge in [0.15, 0.2) is 0 Å². The average molecular weight is 281 g/mol. The number of hydrogen-bond acceptors (Lipinski definition) is 2. The van der Waals surface area contributed by atoms with E-state index in [4.69, 9.17) is 23.2 Å². The lowest BCUT2D eigenvalue weighted by Gasteiger charge is -1.96. The summed E-state index contributed by atoms with van der Waals surface area (Å²) in [5, 5.41) is 9.32. The van der Waals surface area contributed by atoms with E-state index in [9.17, 15) is 9.90 Å². The van der Waals surface area contributed by atoms with Gasteiger partial charge in [0.2, 0.25) is 0 Å². The normalized spacial score (nSPS) is 10.0. The Bertz CT molecular complexity index is 351. The van der Waals surface area contributed by atoms with Crippen molar-refractivity contribution in [1.29, 1.82) is 0 Å². The summed E-state index contributed by atoms with van der Waals surface area (Å²) in [6.45, 7) is 5.53. The molecule has 0 aliphatic heterocycles. The Morgan fingerprint density at radius 2 is 2.12 bits per heavy atom. The van der Waals surface area contributed by atoms with Crippen LogP contribution in [0.2, 0.25) is 0 Å². The Balaban J connectivity index is 0.000000366. The first kappa shape index (κ1) is 16.3. The number of unbranched alkanes of at least 4 members (excludes halogenated alkanes) is 1. The third kappa shape index (κ3) is 6.54. The van der Waals surface area contributed by atoms with Crippen molar-refractivity contribution in [2.75, 3.05) is 0 Å². The summed E-state index contributed by atoms with van der Waals surface area (Å²) in [4.78, 5) is 7.93. The Morgan fingerprint density at radius 1 is 1.59 bits per heavy atom. The number of aromatic nitrogens is 2. The molecular formula is C11H18Cl2N2O2. The van der Waals surface area contributed by atoms with Gasteiger partial charge in [-0.2, -0.15) is 0 Å². The van der Waals surface area contributed by atoms with Crippen molar-refractivity contribution in [3.63, 3.8) is 0 Å². The lowest BCUT2D eigenvalue weighted by atomic mass is 10.3. The average Bonchev–Trinajstić information content (AvgIpc) is 2.58. The van der Waals surface area contributed by atoms with E-state index in [1.54, 1.807) is 0 Å². The molecule has 1 aromatic heterocycles. The molecule has 0 saturated carbocycles. The molecular weight excluding hydrogens is 263 g/mol. The van der Waals surface area contributed by atoms with Crippen molar-refractivity contribution < 1.29 is 14.5 Å². The van der Waals surface area contributed by atoms with Crippen molar-refractivity contribution in [2.24, 2.45) is 7.05 Å². The maximum absolute atomic E-state index is 9.32. The first-order valence-electron chi connectivity index (χ1n) is 5.40. The number of aryl methyl sites for hydroxylation is 2. The number of imidazole rings is 1. The smallest absolute Gasteiger partial charge is 0.253 e. The van der Waals surface area contributed by atoms with E-state index in [1.807, 2.05) is 0 Å². The number of carboxylic acid groups (broad SMARTS) is 1. The third-order valence-electron chi connectivity index (χ3n) is 2.33. The molecule has 0 N–H and O–H groups in total. The van der Waals surface area contributed by atoms with Crippen LogP contribution in [-0.2, 0) is 18.4 Å². The van der Waals surface area contributed by atoms with Crippen LogP contribution in [0.1, 0.15) is 25.6 Å². The standard InChI is InChI=1S/C9H17N2.C2H2Cl2O2/c1-4-5-6-11-8-7-10(3)9(11)2;3-1(4)2(5)6/h7-8H,4-6H2,1-3H3;1H,(H,5,6)/q+1;/p-1. The maximum atomic E-state index is 9.32. The van der Waals surface area contributed by atoms with Crippen molar-refractivity contribution in [3.05, 3.63) is 18.2 Å². The number of aliphatic carboxylic acids is 1. The van der Waals surface area contributed by atoms with E-state index in [1.165, 1.54) is 18.7 Å². The van der Waals surface area contributed by atoms with Crippen LogP contribution in [0.4, 0.5) is 0 Å². The summed E-state index contributed by atoms with van der Waals surface area (Å²) in [6.07, 6.45) is 6.78. The van der Waals surface area contributed by atoms with E-state index in [2.05, 4.69) is 42.4 Å². The summed E-state index contributed by atoms with van der Waals surface area (Å²) < 4.78 is 4.44. The molecule has 1 rings (SSSR count). The van der Waals surface area contributed by atoms with Gasteiger partial charge in [-0.3, -0.25) is 0 Å². The van der Waals surface area contributed by atoms with Gasteiger partial charge in [0.1, 0.15) is 17.2 Å². The fourth-order valence-electron chi connectivity index (χ4n) is 1.16. The van der Waals surface area contributed by atoms with E-state index in [0.717, 1.165) is 6.54 Å². The fourth-order valence-corrected chi connectivity index (χ4v) is 1.16. The van der Waals surface area contributed by atoms with Gasteiger partial charge in [0.25, 0.3) is 5.82 Å². The van der Waals surface area contributed by atoms with Crippen LogP contribution in [0.15, 0.2) is 12.4 Å². The molecule has 0 saturated heterocycles. The second-order valence-corrected chi connectivity index (χ2v) is 4.72. The SMILES string of the molecule is CCCC[n+]1ccn(C)c1C.O=C([O-])C(Cl)Cl. The molecule has 0 spiro atoms. The molecule has 6 heteroatoms. The summed E-state index contributed by atoms with van der Waals surface area (Å²) in [5.74, 6) is -0.128. The highest BCUT2D eigenvalue weighted by Gasteiger charge is 2.06. The van der Waals surface area contributed by atoms with Gasteiger partial charge >= 0.3 is 0 Å².